The van der Waals surface area contributed by atoms with E-state index in [1.54, 1.807) is 0 Å². The van der Waals surface area contributed by atoms with E-state index in [1.165, 1.54) is 15.0 Å². The Morgan fingerprint density at radius 1 is 1.28 bits per heavy atom. The zero-order valence-corrected chi connectivity index (χ0v) is 11.9. The van der Waals surface area contributed by atoms with Gasteiger partial charge in [0.25, 0.3) is 0 Å². The third kappa shape index (κ3) is 3.31. The maximum absolute atomic E-state index is 5.69. The summed E-state index contributed by atoms with van der Waals surface area (Å²) in [4.78, 5) is 1.37. The lowest BCUT2D eigenvalue weighted by Gasteiger charge is -2.16. The molecule has 0 aliphatic carbocycles. The highest BCUT2D eigenvalue weighted by Crippen LogP contribution is 2.29. The SMILES string of the molecule is CCCOCC(NCC)c1cc2ccccc2s1. The first-order valence-electron chi connectivity index (χ1n) is 6.64. The summed E-state index contributed by atoms with van der Waals surface area (Å²) in [5, 5.41) is 4.83. The molecule has 2 nitrogen and oxygen atoms in total. The van der Waals surface area contributed by atoms with Crippen LogP contribution in [0.3, 0.4) is 0 Å². The second-order valence-electron chi connectivity index (χ2n) is 4.37. The largest absolute Gasteiger partial charge is 0.379 e. The van der Waals surface area contributed by atoms with Gasteiger partial charge in [0.1, 0.15) is 0 Å². The molecule has 0 bridgehead atoms. The lowest BCUT2D eigenvalue weighted by molar-refractivity contribution is 0.113. The first-order valence-corrected chi connectivity index (χ1v) is 7.46. The van der Waals surface area contributed by atoms with E-state index in [0.29, 0.717) is 6.04 Å². The highest BCUT2D eigenvalue weighted by molar-refractivity contribution is 7.19. The van der Waals surface area contributed by atoms with Crippen molar-refractivity contribution in [3.8, 4) is 0 Å². The van der Waals surface area contributed by atoms with Crippen molar-refractivity contribution in [2.45, 2.75) is 26.3 Å². The molecule has 2 aromatic rings. The maximum Gasteiger partial charge on any atom is 0.0669 e. The van der Waals surface area contributed by atoms with Gasteiger partial charge in [-0.05, 0) is 30.5 Å². The molecule has 1 aromatic carbocycles. The van der Waals surface area contributed by atoms with Gasteiger partial charge in [-0.3, -0.25) is 0 Å². The molecular weight excluding hydrogens is 242 g/mol. The van der Waals surface area contributed by atoms with Crippen LogP contribution in [-0.2, 0) is 4.74 Å². The van der Waals surface area contributed by atoms with E-state index < -0.39 is 0 Å². The Kier molecular flexibility index (Phi) is 5.17. The third-order valence-electron chi connectivity index (χ3n) is 2.87. The van der Waals surface area contributed by atoms with E-state index in [-0.39, 0.29) is 0 Å². The van der Waals surface area contributed by atoms with Crippen LogP contribution < -0.4 is 5.32 Å². The molecule has 0 aliphatic heterocycles. The van der Waals surface area contributed by atoms with Gasteiger partial charge < -0.3 is 10.1 Å². The van der Waals surface area contributed by atoms with Gasteiger partial charge in [-0.2, -0.15) is 0 Å². The number of likely N-dealkylation sites (N-methyl/N-ethyl adjacent to an activating group) is 1. The summed E-state index contributed by atoms with van der Waals surface area (Å²) in [5.41, 5.74) is 0. The molecule has 0 amide bonds. The van der Waals surface area contributed by atoms with Crippen LogP contribution in [0.1, 0.15) is 31.2 Å². The zero-order chi connectivity index (χ0) is 12.8. The molecule has 1 aromatic heterocycles. The maximum atomic E-state index is 5.69. The Labute approximate surface area is 113 Å². The highest BCUT2D eigenvalue weighted by Gasteiger charge is 2.13. The fourth-order valence-electron chi connectivity index (χ4n) is 2.01. The first-order chi connectivity index (χ1) is 8.85. The second-order valence-corrected chi connectivity index (χ2v) is 5.49. The minimum absolute atomic E-state index is 0.318. The third-order valence-corrected chi connectivity index (χ3v) is 4.10. The Balaban J connectivity index is 2.13. The standard InChI is InChI=1S/C15H21NOS/c1-3-9-17-11-13(16-4-2)15-10-12-7-5-6-8-14(12)18-15/h5-8,10,13,16H,3-4,9,11H2,1-2H3. The van der Waals surface area contributed by atoms with Crippen LogP contribution in [0.25, 0.3) is 10.1 Å². The fraction of sp³-hybridized carbons (Fsp3) is 0.467. The number of hydrogen-bond donors (Lipinski definition) is 1. The molecule has 0 radical (unpaired) electrons. The Morgan fingerprint density at radius 3 is 2.83 bits per heavy atom. The fourth-order valence-corrected chi connectivity index (χ4v) is 3.13. The van der Waals surface area contributed by atoms with Crippen LogP contribution >= 0.6 is 11.3 Å². The van der Waals surface area contributed by atoms with E-state index >= 15 is 0 Å². The van der Waals surface area contributed by atoms with Crippen molar-refractivity contribution in [3.63, 3.8) is 0 Å². The van der Waals surface area contributed by atoms with E-state index in [4.69, 9.17) is 4.74 Å². The molecule has 1 heterocycles. The number of fused-ring (bicyclic) bond motifs is 1. The number of nitrogens with one attached hydrogen (secondary N) is 1. The summed E-state index contributed by atoms with van der Waals surface area (Å²) in [6.45, 7) is 6.84. The van der Waals surface area contributed by atoms with Crippen molar-refractivity contribution in [3.05, 3.63) is 35.2 Å². The molecule has 98 valence electrons. The van der Waals surface area contributed by atoms with Crippen molar-refractivity contribution in [1.29, 1.82) is 0 Å². The summed E-state index contributed by atoms with van der Waals surface area (Å²) >= 11 is 1.86. The topological polar surface area (TPSA) is 21.3 Å². The van der Waals surface area contributed by atoms with Gasteiger partial charge in [-0.25, -0.2) is 0 Å². The molecular formula is C15H21NOS. The van der Waals surface area contributed by atoms with Gasteiger partial charge in [0.15, 0.2) is 0 Å². The van der Waals surface area contributed by atoms with E-state index in [0.717, 1.165) is 26.2 Å². The summed E-state index contributed by atoms with van der Waals surface area (Å²) in [6, 6.07) is 11.1. The lowest BCUT2D eigenvalue weighted by Crippen LogP contribution is -2.24. The van der Waals surface area contributed by atoms with Crippen molar-refractivity contribution >= 4 is 21.4 Å². The minimum Gasteiger partial charge on any atom is -0.379 e. The summed E-state index contributed by atoms with van der Waals surface area (Å²) in [6.07, 6.45) is 1.07. The number of rotatable bonds is 7. The molecule has 2 rings (SSSR count). The molecule has 0 saturated heterocycles. The second kappa shape index (κ2) is 6.88. The van der Waals surface area contributed by atoms with Crippen molar-refractivity contribution < 1.29 is 4.74 Å². The molecule has 0 aliphatic rings. The van der Waals surface area contributed by atoms with Crippen molar-refractivity contribution in [2.24, 2.45) is 0 Å². The number of thiophene rings is 1. The van der Waals surface area contributed by atoms with Gasteiger partial charge in [0.2, 0.25) is 0 Å². The van der Waals surface area contributed by atoms with Crippen LogP contribution in [-0.4, -0.2) is 19.8 Å². The molecule has 18 heavy (non-hydrogen) atoms. The lowest BCUT2D eigenvalue weighted by atomic mass is 10.2. The molecule has 1 unspecified atom stereocenters. The minimum atomic E-state index is 0.318. The normalized spacial score (nSPS) is 13.0. The molecule has 1 atom stereocenters. The molecule has 0 spiro atoms. The van der Waals surface area contributed by atoms with Crippen molar-refractivity contribution in [1.82, 2.24) is 5.32 Å². The van der Waals surface area contributed by atoms with Gasteiger partial charge >= 0.3 is 0 Å². The Morgan fingerprint density at radius 2 is 2.11 bits per heavy atom. The Hall–Kier alpha value is -0.900. The van der Waals surface area contributed by atoms with Crippen LogP contribution in [0.15, 0.2) is 30.3 Å². The van der Waals surface area contributed by atoms with Crippen LogP contribution in [0.5, 0.6) is 0 Å². The van der Waals surface area contributed by atoms with Crippen LogP contribution in [0.4, 0.5) is 0 Å². The first kappa shape index (κ1) is 13.5. The number of benzene rings is 1. The predicted octanol–water partition coefficient (Wildman–Crippen LogP) is 3.98. The molecule has 1 N–H and O–H groups in total. The quantitative estimate of drug-likeness (QED) is 0.763. The van der Waals surface area contributed by atoms with E-state index in [1.807, 2.05) is 11.3 Å². The van der Waals surface area contributed by atoms with Crippen LogP contribution in [0, 0.1) is 0 Å². The Bertz CT molecular complexity index is 447. The smallest absolute Gasteiger partial charge is 0.0669 e. The molecule has 3 heteroatoms. The zero-order valence-electron chi connectivity index (χ0n) is 11.1. The number of ether oxygens (including phenoxy) is 1. The summed E-state index contributed by atoms with van der Waals surface area (Å²) < 4.78 is 7.04. The summed E-state index contributed by atoms with van der Waals surface area (Å²) in [7, 11) is 0. The summed E-state index contributed by atoms with van der Waals surface area (Å²) in [5.74, 6) is 0. The van der Waals surface area contributed by atoms with Gasteiger partial charge in [0.05, 0.1) is 12.6 Å². The average Bonchev–Trinajstić information content (AvgIpc) is 2.81. The monoisotopic (exact) mass is 263 g/mol. The predicted molar refractivity (Wildman–Crippen MR) is 79.4 cm³/mol. The molecule has 0 saturated carbocycles. The van der Waals surface area contributed by atoms with Crippen molar-refractivity contribution in [2.75, 3.05) is 19.8 Å². The van der Waals surface area contributed by atoms with E-state index in [2.05, 4.69) is 49.5 Å². The molecule has 0 fully saturated rings. The van der Waals surface area contributed by atoms with Gasteiger partial charge in [-0.1, -0.05) is 32.0 Å². The highest BCUT2D eigenvalue weighted by atomic mass is 32.1. The van der Waals surface area contributed by atoms with Gasteiger partial charge in [-0.15, -0.1) is 11.3 Å². The average molecular weight is 263 g/mol. The van der Waals surface area contributed by atoms with E-state index in [9.17, 15) is 0 Å². The van der Waals surface area contributed by atoms with Gasteiger partial charge in [0, 0.05) is 16.2 Å². The number of hydrogen-bond acceptors (Lipinski definition) is 3. The van der Waals surface area contributed by atoms with Crippen LogP contribution in [0.2, 0.25) is 0 Å².